The summed E-state index contributed by atoms with van der Waals surface area (Å²) in [7, 11) is 0. The molecule has 0 atom stereocenters. The molecule has 1 heterocycles. The molecule has 0 unspecified atom stereocenters. The Balaban J connectivity index is 2.18. The number of halogens is 1. The lowest BCUT2D eigenvalue weighted by atomic mass is 9.82. The summed E-state index contributed by atoms with van der Waals surface area (Å²) in [5.41, 5.74) is 2.66. The molecule has 1 aliphatic heterocycles. The van der Waals surface area contributed by atoms with E-state index >= 15 is 0 Å². The van der Waals surface area contributed by atoms with Crippen LogP contribution in [0.2, 0.25) is 0 Å². The van der Waals surface area contributed by atoms with Crippen LogP contribution in [0, 0.1) is 5.41 Å². The Morgan fingerprint density at radius 1 is 1.29 bits per heavy atom. The fourth-order valence-corrected chi connectivity index (χ4v) is 2.75. The molecule has 1 fully saturated rings. The van der Waals surface area contributed by atoms with E-state index in [9.17, 15) is 5.11 Å². The van der Waals surface area contributed by atoms with Crippen LogP contribution >= 0.6 is 15.9 Å². The maximum absolute atomic E-state index is 9.43. The molecule has 0 spiro atoms. The summed E-state index contributed by atoms with van der Waals surface area (Å²) in [6, 6.07) is 6.16. The number of hydrogen-bond acceptors (Lipinski definition) is 2. The van der Waals surface area contributed by atoms with Gasteiger partial charge in [-0.15, -0.1) is 0 Å². The van der Waals surface area contributed by atoms with Crippen molar-refractivity contribution >= 4 is 21.6 Å². The number of aliphatic hydroxyl groups is 1. The summed E-state index contributed by atoms with van der Waals surface area (Å²) in [5, 5.41) is 9.43. The van der Waals surface area contributed by atoms with Crippen molar-refractivity contribution in [2.75, 3.05) is 18.0 Å². The fraction of sp³-hybridized carbons (Fsp3) is 0.571. The standard InChI is InChI=1S/C14H20BrNO/c1-14(2)5-7-16(8-6-14)13-4-3-12(15)9-11(13)10-17/h3-4,9,17H,5-8,10H2,1-2H3. The van der Waals surface area contributed by atoms with Gasteiger partial charge in [-0.05, 0) is 36.5 Å². The second-order valence-corrected chi connectivity index (χ2v) is 6.50. The average Bonchev–Trinajstić information content (AvgIpc) is 2.29. The third-order valence-electron chi connectivity index (χ3n) is 3.67. The van der Waals surface area contributed by atoms with Gasteiger partial charge in [0.2, 0.25) is 0 Å². The highest BCUT2D eigenvalue weighted by molar-refractivity contribution is 9.10. The van der Waals surface area contributed by atoms with E-state index in [-0.39, 0.29) is 6.61 Å². The first-order valence-electron chi connectivity index (χ1n) is 6.16. The maximum Gasteiger partial charge on any atom is 0.0702 e. The summed E-state index contributed by atoms with van der Waals surface area (Å²) >= 11 is 3.45. The summed E-state index contributed by atoms with van der Waals surface area (Å²) in [6.45, 7) is 6.94. The van der Waals surface area contributed by atoms with E-state index in [1.54, 1.807) is 0 Å². The van der Waals surface area contributed by atoms with Crippen molar-refractivity contribution in [3.8, 4) is 0 Å². The van der Waals surface area contributed by atoms with E-state index in [1.807, 2.05) is 12.1 Å². The lowest BCUT2D eigenvalue weighted by Gasteiger charge is -2.39. The second kappa shape index (κ2) is 4.99. The molecule has 17 heavy (non-hydrogen) atoms. The topological polar surface area (TPSA) is 23.5 Å². The van der Waals surface area contributed by atoms with E-state index in [4.69, 9.17) is 0 Å². The van der Waals surface area contributed by atoms with Gasteiger partial charge in [0, 0.05) is 28.8 Å². The van der Waals surface area contributed by atoms with Crippen LogP contribution in [0.5, 0.6) is 0 Å². The Labute approximate surface area is 112 Å². The normalized spacial score (nSPS) is 19.4. The molecular formula is C14H20BrNO. The molecule has 1 N–H and O–H groups in total. The molecule has 1 aromatic carbocycles. The molecule has 3 heteroatoms. The van der Waals surface area contributed by atoms with Crippen LogP contribution in [0.25, 0.3) is 0 Å². The second-order valence-electron chi connectivity index (χ2n) is 5.58. The zero-order valence-electron chi connectivity index (χ0n) is 10.5. The van der Waals surface area contributed by atoms with E-state index in [1.165, 1.54) is 18.5 Å². The molecule has 94 valence electrons. The van der Waals surface area contributed by atoms with Crippen LogP contribution < -0.4 is 4.90 Å². The van der Waals surface area contributed by atoms with Gasteiger partial charge in [-0.2, -0.15) is 0 Å². The van der Waals surface area contributed by atoms with Crippen molar-refractivity contribution in [1.29, 1.82) is 0 Å². The number of nitrogens with zero attached hydrogens (tertiary/aromatic N) is 1. The average molecular weight is 298 g/mol. The van der Waals surface area contributed by atoms with Gasteiger partial charge < -0.3 is 10.0 Å². The molecule has 1 aliphatic rings. The van der Waals surface area contributed by atoms with Crippen LogP contribution in [0.1, 0.15) is 32.3 Å². The summed E-state index contributed by atoms with van der Waals surface area (Å²) < 4.78 is 1.03. The highest BCUT2D eigenvalue weighted by Gasteiger charge is 2.26. The van der Waals surface area contributed by atoms with E-state index in [0.29, 0.717) is 5.41 Å². The van der Waals surface area contributed by atoms with Gasteiger partial charge in [-0.1, -0.05) is 29.8 Å². The van der Waals surface area contributed by atoms with Crippen molar-refractivity contribution in [3.05, 3.63) is 28.2 Å². The summed E-state index contributed by atoms with van der Waals surface area (Å²) in [6.07, 6.45) is 2.43. The first kappa shape index (κ1) is 12.9. The minimum Gasteiger partial charge on any atom is -0.392 e. The van der Waals surface area contributed by atoms with Gasteiger partial charge in [-0.25, -0.2) is 0 Å². The summed E-state index contributed by atoms with van der Waals surface area (Å²) in [4.78, 5) is 2.39. The van der Waals surface area contributed by atoms with Gasteiger partial charge in [0.05, 0.1) is 6.61 Å². The minimum absolute atomic E-state index is 0.106. The first-order chi connectivity index (χ1) is 8.02. The maximum atomic E-state index is 9.43. The smallest absolute Gasteiger partial charge is 0.0702 e. The van der Waals surface area contributed by atoms with E-state index in [0.717, 1.165) is 23.1 Å². The molecule has 2 nitrogen and oxygen atoms in total. The van der Waals surface area contributed by atoms with Crippen molar-refractivity contribution in [2.24, 2.45) is 5.41 Å². The Morgan fingerprint density at radius 2 is 1.94 bits per heavy atom. The zero-order valence-corrected chi connectivity index (χ0v) is 12.1. The Hall–Kier alpha value is -0.540. The predicted octanol–water partition coefficient (Wildman–Crippen LogP) is 3.57. The largest absolute Gasteiger partial charge is 0.392 e. The van der Waals surface area contributed by atoms with Crippen molar-refractivity contribution < 1.29 is 5.11 Å². The van der Waals surface area contributed by atoms with Gasteiger partial charge >= 0.3 is 0 Å². The SMILES string of the molecule is CC1(C)CCN(c2ccc(Br)cc2CO)CC1. The monoisotopic (exact) mass is 297 g/mol. The number of benzene rings is 1. The third kappa shape index (κ3) is 3.02. The number of anilines is 1. The zero-order chi connectivity index (χ0) is 12.5. The molecule has 1 aromatic rings. The Bertz CT molecular complexity index is 393. The fourth-order valence-electron chi connectivity index (χ4n) is 2.34. The minimum atomic E-state index is 0.106. The van der Waals surface area contributed by atoms with Crippen molar-refractivity contribution in [3.63, 3.8) is 0 Å². The lowest BCUT2D eigenvalue weighted by Crippen LogP contribution is -2.37. The van der Waals surface area contributed by atoms with E-state index < -0.39 is 0 Å². The molecule has 2 rings (SSSR count). The molecule has 0 bridgehead atoms. The highest BCUT2D eigenvalue weighted by Crippen LogP contribution is 2.34. The van der Waals surface area contributed by atoms with Crippen LogP contribution in [-0.4, -0.2) is 18.2 Å². The highest BCUT2D eigenvalue weighted by atomic mass is 79.9. The lowest BCUT2D eigenvalue weighted by molar-refractivity contribution is 0.273. The number of piperidine rings is 1. The predicted molar refractivity (Wildman–Crippen MR) is 75.3 cm³/mol. The molecule has 0 aliphatic carbocycles. The molecule has 0 aromatic heterocycles. The van der Waals surface area contributed by atoms with Crippen LogP contribution in [0.15, 0.2) is 22.7 Å². The van der Waals surface area contributed by atoms with Gasteiger partial charge in [-0.3, -0.25) is 0 Å². The summed E-state index contributed by atoms with van der Waals surface area (Å²) in [5.74, 6) is 0. The van der Waals surface area contributed by atoms with Crippen LogP contribution in [0.3, 0.4) is 0 Å². The number of aliphatic hydroxyl groups excluding tert-OH is 1. The van der Waals surface area contributed by atoms with Gasteiger partial charge in [0.25, 0.3) is 0 Å². The number of hydrogen-bond donors (Lipinski definition) is 1. The molecular weight excluding hydrogens is 278 g/mol. The molecule has 0 saturated carbocycles. The third-order valence-corrected chi connectivity index (χ3v) is 4.16. The van der Waals surface area contributed by atoms with Crippen molar-refractivity contribution in [1.82, 2.24) is 0 Å². The van der Waals surface area contributed by atoms with Crippen LogP contribution in [0.4, 0.5) is 5.69 Å². The Morgan fingerprint density at radius 3 is 2.53 bits per heavy atom. The van der Waals surface area contributed by atoms with Gasteiger partial charge in [0.15, 0.2) is 0 Å². The molecule has 0 radical (unpaired) electrons. The Kier molecular flexibility index (Phi) is 3.79. The quantitative estimate of drug-likeness (QED) is 0.902. The van der Waals surface area contributed by atoms with Crippen molar-refractivity contribution in [2.45, 2.75) is 33.3 Å². The van der Waals surface area contributed by atoms with E-state index in [2.05, 4.69) is 40.7 Å². The number of rotatable bonds is 2. The molecule has 1 saturated heterocycles. The van der Waals surface area contributed by atoms with Crippen LogP contribution in [-0.2, 0) is 6.61 Å². The first-order valence-corrected chi connectivity index (χ1v) is 6.95. The van der Waals surface area contributed by atoms with Gasteiger partial charge in [0.1, 0.15) is 0 Å². The molecule has 0 amide bonds.